The second-order valence-corrected chi connectivity index (χ2v) is 5.03. The molecule has 3 rings (SSSR count). The number of fused-ring (bicyclic) bond motifs is 1. The van der Waals surface area contributed by atoms with Crippen LogP contribution in [0.25, 0.3) is 11.0 Å². The van der Waals surface area contributed by atoms with Gasteiger partial charge in [0.2, 0.25) is 0 Å². The van der Waals surface area contributed by atoms with E-state index in [4.69, 9.17) is 5.73 Å². The molecule has 0 atom stereocenters. The quantitative estimate of drug-likeness (QED) is 0.794. The van der Waals surface area contributed by atoms with Gasteiger partial charge < -0.3 is 10.3 Å². The number of pyridine rings is 1. The average molecular weight is 269 g/mol. The Morgan fingerprint density at radius 3 is 2.70 bits per heavy atom. The van der Waals surface area contributed by atoms with E-state index < -0.39 is 0 Å². The molecule has 0 amide bonds. The summed E-state index contributed by atoms with van der Waals surface area (Å²) in [6.45, 7) is 0. The number of nitrogens with two attached hydrogens (primary N) is 1. The maximum atomic E-state index is 12.9. The van der Waals surface area contributed by atoms with Crippen LogP contribution < -0.4 is 5.73 Å². The van der Waals surface area contributed by atoms with Gasteiger partial charge in [0, 0.05) is 18.6 Å². The fourth-order valence-electron chi connectivity index (χ4n) is 2.48. The number of aromatic nitrogens is 2. The summed E-state index contributed by atoms with van der Waals surface area (Å²) in [6.07, 6.45) is 5.51. The molecule has 2 N–H and O–H groups in total. The first kappa shape index (κ1) is 12.7. The van der Waals surface area contributed by atoms with Crippen molar-refractivity contribution in [3.63, 3.8) is 0 Å². The van der Waals surface area contributed by atoms with Gasteiger partial charge in [-0.25, -0.2) is 9.37 Å². The molecule has 0 fully saturated rings. The highest BCUT2D eigenvalue weighted by molar-refractivity contribution is 5.83. The van der Waals surface area contributed by atoms with Crippen LogP contribution >= 0.6 is 0 Å². The third-order valence-electron chi connectivity index (χ3n) is 3.51. The molecular formula is C16H16FN3. The number of aryl methyl sites for hydroxylation is 3. The molecule has 0 spiro atoms. The predicted octanol–water partition coefficient (Wildman–Crippen LogP) is 3.08. The molecule has 4 heteroatoms. The Labute approximate surface area is 116 Å². The van der Waals surface area contributed by atoms with Crippen LogP contribution in [0.4, 0.5) is 10.1 Å². The van der Waals surface area contributed by atoms with Crippen molar-refractivity contribution in [2.24, 2.45) is 7.05 Å². The number of halogens is 1. The molecule has 0 aliphatic rings. The van der Waals surface area contributed by atoms with E-state index in [1.165, 1.54) is 17.7 Å². The van der Waals surface area contributed by atoms with Gasteiger partial charge in [-0.1, -0.05) is 12.1 Å². The third-order valence-corrected chi connectivity index (χ3v) is 3.51. The summed E-state index contributed by atoms with van der Waals surface area (Å²) >= 11 is 0. The molecule has 0 unspecified atom stereocenters. The van der Waals surface area contributed by atoms with E-state index >= 15 is 0 Å². The number of hydrogen-bond donors (Lipinski definition) is 1. The van der Waals surface area contributed by atoms with Crippen LogP contribution in [0.5, 0.6) is 0 Å². The van der Waals surface area contributed by atoms with E-state index in [2.05, 4.69) is 11.2 Å². The number of rotatable bonds is 3. The van der Waals surface area contributed by atoms with Crippen molar-refractivity contribution >= 4 is 16.7 Å². The molecule has 0 radical (unpaired) electrons. The molecule has 0 aliphatic carbocycles. The van der Waals surface area contributed by atoms with Gasteiger partial charge in [0.1, 0.15) is 11.5 Å². The minimum absolute atomic E-state index is 0.198. The van der Waals surface area contributed by atoms with Crippen LogP contribution in [-0.4, -0.2) is 9.55 Å². The van der Waals surface area contributed by atoms with Gasteiger partial charge in [-0.3, -0.25) is 0 Å². The SMILES string of the molecule is Cn1cc(CCc2ccc(F)cc2)c2cc(N)cnc21. The summed E-state index contributed by atoms with van der Waals surface area (Å²) in [4.78, 5) is 4.36. The Hall–Kier alpha value is -2.36. The second kappa shape index (κ2) is 4.96. The van der Waals surface area contributed by atoms with Gasteiger partial charge in [0.05, 0.1) is 11.9 Å². The van der Waals surface area contributed by atoms with Crippen LogP contribution in [0.15, 0.2) is 42.7 Å². The van der Waals surface area contributed by atoms with Crippen molar-refractivity contribution < 1.29 is 4.39 Å². The summed E-state index contributed by atoms with van der Waals surface area (Å²) in [5.41, 5.74) is 9.76. The summed E-state index contributed by atoms with van der Waals surface area (Å²) in [5.74, 6) is -0.198. The zero-order valence-corrected chi connectivity index (χ0v) is 11.3. The lowest BCUT2D eigenvalue weighted by atomic mass is 10.0. The zero-order chi connectivity index (χ0) is 14.1. The standard InChI is InChI=1S/C16H16FN3/c1-20-10-12(15-8-14(18)9-19-16(15)20)5-2-11-3-6-13(17)7-4-11/h3-4,6-10H,2,5,18H2,1H3. The van der Waals surface area contributed by atoms with Crippen LogP contribution in [-0.2, 0) is 19.9 Å². The largest absolute Gasteiger partial charge is 0.397 e. The molecule has 0 saturated heterocycles. The van der Waals surface area contributed by atoms with Crippen LogP contribution in [0.2, 0.25) is 0 Å². The lowest BCUT2D eigenvalue weighted by Crippen LogP contribution is -1.92. The molecule has 20 heavy (non-hydrogen) atoms. The number of benzene rings is 1. The van der Waals surface area contributed by atoms with E-state index in [1.54, 1.807) is 6.20 Å². The molecule has 102 valence electrons. The Morgan fingerprint density at radius 2 is 1.95 bits per heavy atom. The van der Waals surface area contributed by atoms with Crippen LogP contribution in [0.1, 0.15) is 11.1 Å². The summed E-state index contributed by atoms with van der Waals surface area (Å²) in [5, 5.41) is 1.09. The Kier molecular flexibility index (Phi) is 3.14. The van der Waals surface area contributed by atoms with Gasteiger partial charge in [-0.05, 0) is 42.2 Å². The fraction of sp³-hybridized carbons (Fsp3) is 0.188. The summed E-state index contributed by atoms with van der Waals surface area (Å²) < 4.78 is 14.9. The fourth-order valence-corrected chi connectivity index (χ4v) is 2.48. The lowest BCUT2D eigenvalue weighted by molar-refractivity contribution is 0.627. The van der Waals surface area contributed by atoms with Crippen molar-refractivity contribution in [2.75, 3.05) is 5.73 Å². The molecule has 2 heterocycles. The zero-order valence-electron chi connectivity index (χ0n) is 11.3. The first-order valence-electron chi connectivity index (χ1n) is 6.57. The first-order chi connectivity index (χ1) is 9.63. The van der Waals surface area contributed by atoms with Crippen molar-refractivity contribution in [1.82, 2.24) is 9.55 Å². The normalized spacial score (nSPS) is 11.1. The number of nitrogens with zero attached hydrogens (tertiary/aromatic N) is 2. The maximum Gasteiger partial charge on any atom is 0.140 e. The number of hydrogen-bond acceptors (Lipinski definition) is 2. The van der Waals surface area contributed by atoms with Crippen molar-refractivity contribution in [3.05, 3.63) is 59.7 Å². The number of anilines is 1. The van der Waals surface area contributed by atoms with E-state index in [0.717, 1.165) is 29.4 Å². The molecule has 0 aliphatic heterocycles. The van der Waals surface area contributed by atoms with Gasteiger partial charge in [0.15, 0.2) is 0 Å². The Morgan fingerprint density at radius 1 is 1.20 bits per heavy atom. The third kappa shape index (κ3) is 2.37. The molecule has 3 nitrogen and oxygen atoms in total. The topological polar surface area (TPSA) is 43.8 Å². The number of nitrogen functional groups attached to an aromatic ring is 1. The van der Waals surface area contributed by atoms with E-state index in [9.17, 15) is 4.39 Å². The molecular weight excluding hydrogens is 253 g/mol. The molecule has 1 aromatic carbocycles. The Bertz CT molecular complexity index is 744. The van der Waals surface area contributed by atoms with Gasteiger partial charge in [-0.15, -0.1) is 0 Å². The van der Waals surface area contributed by atoms with Crippen molar-refractivity contribution in [2.45, 2.75) is 12.8 Å². The maximum absolute atomic E-state index is 12.9. The monoisotopic (exact) mass is 269 g/mol. The van der Waals surface area contributed by atoms with Gasteiger partial charge in [-0.2, -0.15) is 0 Å². The highest BCUT2D eigenvalue weighted by Gasteiger charge is 2.08. The van der Waals surface area contributed by atoms with E-state index in [1.807, 2.05) is 29.8 Å². The van der Waals surface area contributed by atoms with Crippen molar-refractivity contribution in [3.8, 4) is 0 Å². The van der Waals surface area contributed by atoms with Crippen LogP contribution in [0, 0.1) is 5.82 Å². The predicted molar refractivity (Wildman–Crippen MR) is 78.9 cm³/mol. The molecule has 0 bridgehead atoms. The minimum atomic E-state index is -0.198. The Balaban J connectivity index is 1.87. The lowest BCUT2D eigenvalue weighted by Gasteiger charge is -2.01. The highest BCUT2D eigenvalue weighted by Crippen LogP contribution is 2.22. The summed E-state index contributed by atoms with van der Waals surface area (Å²) in [6, 6.07) is 8.61. The van der Waals surface area contributed by atoms with Crippen molar-refractivity contribution in [1.29, 1.82) is 0 Å². The van der Waals surface area contributed by atoms with Gasteiger partial charge in [0.25, 0.3) is 0 Å². The summed E-state index contributed by atoms with van der Waals surface area (Å²) in [7, 11) is 1.98. The minimum Gasteiger partial charge on any atom is -0.397 e. The van der Waals surface area contributed by atoms with E-state index in [-0.39, 0.29) is 5.82 Å². The van der Waals surface area contributed by atoms with Crippen LogP contribution in [0.3, 0.4) is 0 Å². The van der Waals surface area contributed by atoms with E-state index in [0.29, 0.717) is 5.69 Å². The highest BCUT2D eigenvalue weighted by atomic mass is 19.1. The first-order valence-corrected chi connectivity index (χ1v) is 6.57. The molecule has 2 aromatic heterocycles. The molecule has 0 saturated carbocycles. The van der Waals surface area contributed by atoms with Gasteiger partial charge >= 0.3 is 0 Å². The molecule has 3 aromatic rings. The average Bonchev–Trinajstić information content (AvgIpc) is 2.74. The second-order valence-electron chi connectivity index (χ2n) is 5.03. The smallest absolute Gasteiger partial charge is 0.140 e.